The first-order valence-corrected chi connectivity index (χ1v) is 14.0. The molecule has 0 radical (unpaired) electrons. The van der Waals surface area contributed by atoms with Crippen molar-refractivity contribution in [3.63, 3.8) is 0 Å². The van der Waals surface area contributed by atoms with Gasteiger partial charge in [-0.3, -0.25) is 0 Å². The Morgan fingerprint density at radius 1 is 1.07 bits per heavy atom. The van der Waals surface area contributed by atoms with E-state index in [0.29, 0.717) is 6.42 Å². The number of aliphatic hydroxyl groups is 2. The summed E-state index contributed by atoms with van der Waals surface area (Å²) >= 11 is 0. The molecule has 0 unspecified atom stereocenters. The monoisotopic (exact) mass is 416 g/mol. The average molecular weight is 417 g/mol. The maximum absolute atomic E-state index is 12.9. The molecule has 1 rings (SSSR count). The van der Waals surface area contributed by atoms with Crippen molar-refractivity contribution in [2.75, 3.05) is 5.75 Å². The predicted octanol–water partition coefficient (Wildman–Crippen LogP) is 3.62. The molecule has 0 aromatic heterocycles. The van der Waals surface area contributed by atoms with Crippen LogP contribution in [-0.2, 0) is 14.3 Å². The number of hydrogen-bond donors (Lipinski definition) is 2. The van der Waals surface area contributed by atoms with E-state index in [1.165, 1.54) is 12.1 Å². The van der Waals surface area contributed by atoms with Crippen molar-refractivity contribution in [3.05, 3.63) is 30.3 Å². The maximum Gasteiger partial charge on any atom is 0.192 e. The lowest BCUT2D eigenvalue weighted by atomic mass is 9.99. The molecule has 0 heterocycles. The average Bonchev–Trinajstić information content (AvgIpc) is 2.52. The van der Waals surface area contributed by atoms with Gasteiger partial charge < -0.3 is 14.6 Å². The number of sulfone groups is 1. The van der Waals surface area contributed by atoms with Crippen LogP contribution in [0.25, 0.3) is 0 Å². The SMILES string of the molecule is CC(C)C[C@@H](O)[C@@H](O)[C@@H](CS(=O)(=O)c1ccccc1)O[Si](C)(C)C(C)(C)C. The largest absolute Gasteiger partial charge is 0.410 e. The highest BCUT2D eigenvalue weighted by atomic mass is 32.2. The summed E-state index contributed by atoms with van der Waals surface area (Å²) in [6, 6.07) is 8.16. The van der Waals surface area contributed by atoms with Crippen molar-refractivity contribution in [3.8, 4) is 0 Å². The van der Waals surface area contributed by atoms with Gasteiger partial charge in [0, 0.05) is 0 Å². The van der Waals surface area contributed by atoms with E-state index in [4.69, 9.17) is 4.43 Å². The fraction of sp³-hybridized carbons (Fsp3) is 0.700. The van der Waals surface area contributed by atoms with Crippen LogP contribution < -0.4 is 0 Å². The lowest BCUT2D eigenvalue weighted by Crippen LogP contribution is -2.52. The van der Waals surface area contributed by atoms with Gasteiger partial charge in [-0.15, -0.1) is 0 Å². The molecule has 1 aromatic carbocycles. The Kier molecular flexibility index (Phi) is 8.26. The second-order valence-corrected chi connectivity index (χ2v) is 16.0. The van der Waals surface area contributed by atoms with Crippen LogP contribution in [0.15, 0.2) is 35.2 Å². The van der Waals surface area contributed by atoms with E-state index in [9.17, 15) is 18.6 Å². The van der Waals surface area contributed by atoms with Gasteiger partial charge >= 0.3 is 0 Å². The van der Waals surface area contributed by atoms with Crippen molar-refractivity contribution >= 4 is 18.2 Å². The lowest BCUT2D eigenvalue weighted by molar-refractivity contribution is -0.0523. The molecule has 0 aliphatic carbocycles. The van der Waals surface area contributed by atoms with Crippen LogP contribution in [0.3, 0.4) is 0 Å². The molecule has 0 aliphatic rings. The fourth-order valence-corrected chi connectivity index (χ4v) is 5.48. The number of rotatable bonds is 9. The van der Waals surface area contributed by atoms with Crippen LogP contribution in [0.4, 0.5) is 0 Å². The Hall–Kier alpha value is -0.733. The quantitative estimate of drug-likeness (QED) is 0.601. The smallest absolute Gasteiger partial charge is 0.192 e. The molecule has 0 saturated carbocycles. The van der Waals surface area contributed by atoms with E-state index < -0.39 is 36.5 Å². The van der Waals surface area contributed by atoms with Gasteiger partial charge in [-0.05, 0) is 42.6 Å². The zero-order valence-electron chi connectivity index (χ0n) is 17.6. The summed E-state index contributed by atoms with van der Waals surface area (Å²) in [6.45, 7) is 14.1. The molecule has 27 heavy (non-hydrogen) atoms. The van der Waals surface area contributed by atoms with E-state index in [0.717, 1.165) is 0 Å². The third-order valence-corrected chi connectivity index (χ3v) is 11.5. The Balaban J connectivity index is 3.17. The molecular weight excluding hydrogens is 380 g/mol. The zero-order chi connectivity index (χ0) is 21.0. The van der Waals surface area contributed by atoms with Gasteiger partial charge in [0.15, 0.2) is 18.2 Å². The van der Waals surface area contributed by atoms with Gasteiger partial charge in [-0.2, -0.15) is 0 Å². The second-order valence-electron chi connectivity index (χ2n) is 9.20. The van der Waals surface area contributed by atoms with Crippen molar-refractivity contribution in [2.24, 2.45) is 5.92 Å². The van der Waals surface area contributed by atoms with E-state index in [2.05, 4.69) is 20.8 Å². The van der Waals surface area contributed by atoms with Crippen molar-refractivity contribution < 1.29 is 23.1 Å². The van der Waals surface area contributed by atoms with Gasteiger partial charge in [0.05, 0.1) is 22.9 Å². The van der Waals surface area contributed by atoms with Crippen LogP contribution in [-0.4, -0.2) is 51.0 Å². The summed E-state index contributed by atoms with van der Waals surface area (Å²) in [4.78, 5) is 0.194. The van der Waals surface area contributed by atoms with Crippen molar-refractivity contribution in [1.29, 1.82) is 0 Å². The molecule has 2 N–H and O–H groups in total. The summed E-state index contributed by atoms with van der Waals surface area (Å²) in [7, 11) is -6.01. The summed E-state index contributed by atoms with van der Waals surface area (Å²) in [5.41, 5.74) is 0. The first-order chi connectivity index (χ1) is 12.2. The van der Waals surface area contributed by atoms with Crippen LogP contribution in [0.5, 0.6) is 0 Å². The molecule has 0 saturated heterocycles. The molecule has 1 aromatic rings. The molecule has 0 spiro atoms. The normalized spacial score (nSPS) is 17.0. The molecule has 0 fully saturated rings. The molecule has 0 aliphatic heterocycles. The minimum Gasteiger partial charge on any atom is -0.410 e. The van der Waals surface area contributed by atoms with Gasteiger partial charge in [0.1, 0.15) is 6.10 Å². The van der Waals surface area contributed by atoms with E-state index in [1.807, 2.05) is 26.9 Å². The van der Waals surface area contributed by atoms with Crippen LogP contribution in [0.1, 0.15) is 41.0 Å². The molecule has 7 heteroatoms. The first-order valence-electron chi connectivity index (χ1n) is 9.49. The van der Waals surface area contributed by atoms with Crippen LogP contribution in [0, 0.1) is 5.92 Å². The van der Waals surface area contributed by atoms with E-state index in [1.54, 1.807) is 18.2 Å². The summed E-state index contributed by atoms with van der Waals surface area (Å²) in [5.74, 6) is -0.186. The highest BCUT2D eigenvalue weighted by molar-refractivity contribution is 7.91. The third-order valence-electron chi connectivity index (χ3n) is 5.23. The zero-order valence-corrected chi connectivity index (χ0v) is 19.5. The molecule has 0 amide bonds. The number of hydrogen-bond acceptors (Lipinski definition) is 5. The van der Waals surface area contributed by atoms with Gasteiger partial charge in [-0.25, -0.2) is 8.42 Å². The minimum atomic E-state index is -3.66. The highest BCUT2D eigenvalue weighted by Crippen LogP contribution is 2.38. The highest BCUT2D eigenvalue weighted by Gasteiger charge is 2.43. The molecule has 0 bridgehead atoms. The summed E-state index contributed by atoms with van der Waals surface area (Å²) < 4.78 is 32.0. The lowest BCUT2D eigenvalue weighted by Gasteiger charge is -2.41. The third kappa shape index (κ3) is 6.98. The minimum absolute atomic E-state index is 0.148. The molecular formula is C20H36O5SSi. The predicted molar refractivity (Wildman–Crippen MR) is 112 cm³/mol. The first kappa shape index (κ1) is 24.3. The maximum atomic E-state index is 12.9. The van der Waals surface area contributed by atoms with Crippen molar-refractivity contribution in [2.45, 2.75) is 82.4 Å². The Morgan fingerprint density at radius 2 is 1.59 bits per heavy atom. The second kappa shape index (κ2) is 9.18. The number of benzene rings is 1. The van der Waals surface area contributed by atoms with E-state index >= 15 is 0 Å². The Morgan fingerprint density at radius 3 is 2.04 bits per heavy atom. The molecule has 5 nitrogen and oxygen atoms in total. The standard InChI is InChI=1S/C20H36O5SSi/c1-15(2)13-17(21)19(22)18(25-27(6,7)20(3,4)5)14-26(23,24)16-11-9-8-10-12-16/h8-12,15,17-19,21-22H,13-14H2,1-7H3/t17-,18-,19-/m1/s1. The topological polar surface area (TPSA) is 83.8 Å². The van der Waals surface area contributed by atoms with Crippen LogP contribution >= 0.6 is 0 Å². The van der Waals surface area contributed by atoms with Crippen LogP contribution in [0.2, 0.25) is 18.1 Å². The van der Waals surface area contributed by atoms with Gasteiger partial charge in [-0.1, -0.05) is 52.8 Å². The molecule has 156 valence electrons. The van der Waals surface area contributed by atoms with Crippen molar-refractivity contribution in [1.82, 2.24) is 0 Å². The number of aliphatic hydroxyl groups excluding tert-OH is 2. The Labute approximate surface area is 165 Å². The van der Waals surface area contributed by atoms with Gasteiger partial charge in [0.2, 0.25) is 0 Å². The Bertz CT molecular complexity index is 680. The van der Waals surface area contributed by atoms with Gasteiger partial charge in [0.25, 0.3) is 0 Å². The van der Waals surface area contributed by atoms with E-state index in [-0.39, 0.29) is 21.6 Å². The molecule has 3 atom stereocenters. The summed E-state index contributed by atoms with van der Waals surface area (Å²) in [6.07, 6.45) is -2.90. The summed E-state index contributed by atoms with van der Waals surface area (Å²) in [5, 5.41) is 21.0. The fourth-order valence-electron chi connectivity index (χ4n) is 2.57.